The number of hydrogen-bond donors (Lipinski definition) is 1. The number of hydrogen-bond acceptors (Lipinski definition) is 4. The van der Waals surface area contributed by atoms with Crippen molar-refractivity contribution in [2.45, 2.75) is 26.4 Å². The van der Waals surface area contributed by atoms with Gasteiger partial charge in [0.2, 0.25) is 0 Å². The van der Waals surface area contributed by atoms with E-state index in [4.69, 9.17) is 12.2 Å². The average molecular weight is 420 g/mol. The topological polar surface area (TPSA) is 41.0 Å². The molecule has 0 bridgehead atoms. The number of aryl methyl sites for hydroxylation is 1. The van der Waals surface area contributed by atoms with Crippen LogP contribution in [0.15, 0.2) is 59.4 Å². The molecule has 6 heteroatoms. The van der Waals surface area contributed by atoms with Crippen LogP contribution in [0.5, 0.6) is 0 Å². The van der Waals surface area contributed by atoms with Gasteiger partial charge in [0.1, 0.15) is 4.83 Å². The molecule has 2 aromatic heterocycles. The van der Waals surface area contributed by atoms with Gasteiger partial charge in [-0.2, -0.15) is 0 Å². The van der Waals surface area contributed by atoms with Crippen LogP contribution in [0.2, 0.25) is 0 Å². The lowest BCUT2D eigenvalue weighted by molar-refractivity contribution is 0.249. The van der Waals surface area contributed by atoms with Crippen LogP contribution >= 0.6 is 23.6 Å². The van der Waals surface area contributed by atoms with Crippen LogP contribution in [0.1, 0.15) is 21.6 Å². The van der Waals surface area contributed by atoms with E-state index in [0.29, 0.717) is 4.77 Å². The van der Waals surface area contributed by atoms with Gasteiger partial charge >= 0.3 is 0 Å². The van der Waals surface area contributed by atoms with Gasteiger partial charge in [-0.05, 0) is 54.4 Å². The van der Waals surface area contributed by atoms with Crippen LogP contribution in [0.3, 0.4) is 0 Å². The first-order valence-electron chi connectivity index (χ1n) is 9.73. The van der Waals surface area contributed by atoms with E-state index in [0.717, 1.165) is 47.5 Å². The number of thiophene rings is 1. The second-order valence-electron chi connectivity index (χ2n) is 7.56. The van der Waals surface area contributed by atoms with Crippen molar-refractivity contribution in [2.75, 3.05) is 6.54 Å². The Bertz CT molecular complexity index is 1320. The maximum Gasteiger partial charge on any atom is 0.267 e. The fourth-order valence-electron chi connectivity index (χ4n) is 4.11. The SMILES string of the molecule is Cc1cccc(-n2c(=S)[nH]c3sc4c(c3c2=O)CCN(Cc2ccccc2)C4)c1. The van der Waals surface area contributed by atoms with Crippen LogP contribution in [-0.2, 0) is 19.5 Å². The van der Waals surface area contributed by atoms with Gasteiger partial charge in [0.15, 0.2) is 4.77 Å². The largest absolute Gasteiger partial charge is 0.323 e. The number of H-pyrrole nitrogens is 1. The van der Waals surface area contributed by atoms with Crippen LogP contribution in [0.4, 0.5) is 0 Å². The van der Waals surface area contributed by atoms with Crippen LogP contribution in [-0.4, -0.2) is 21.0 Å². The Kier molecular flexibility index (Phi) is 4.70. The van der Waals surface area contributed by atoms with Crippen LogP contribution in [0.25, 0.3) is 15.9 Å². The third kappa shape index (κ3) is 3.37. The minimum atomic E-state index is -0.0108. The smallest absolute Gasteiger partial charge is 0.267 e. The van der Waals surface area contributed by atoms with E-state index in [-0.39, 0.29) is 5.56 Å². The molecule has 0 radical (unpaired) electrons. The normalized spacial score (nSPS) is 14.2. The summed E-state index contributed by atoms with van der Waals surface area (Å²) in [6.45, 7) is 4.77. The third-order valence-corrected chi connectivity index (χ3v) is 6.90. The standard InChI is InChI=1S/C23H21N3OS2/c1-15-6-5-9-17(12-15)26-22(27)20-18-10-11-25(13-16-7-3-2-4-8-16)14-19(18)29-21(20)24-23(26)28/h2-9,12H,10-11,13-14H2,1H3,(H,24,28). The molecular formula is C23H21N3OS2. The molecule has 0 saturated carbocycles. The Morgan fingerprint density at radius 1 is 1.14 bits per heavy atom. The lowest BCUT2D eigenvalue weighted by Crippen LogP contribution is -2.30. The fraction of sp³-hybridized carbons (Fsp3) is 0.217. The van der Waals surface area contributed by atoms with Gasteiger partial charge in [-0.3, -0.25) is 14.3 Å². The van der Waals surface area contributed by atoms with Crippen molar-refractivity contribution >= 4 is 33.8 Å². The number of fused-ring (bicyclic) bond motifs is 3. The molecule has 0 spiro atoms. The molecule has 0 fully saturated rings. The summed E-state index contributed by atoms with van der Waals surface area (Å²) in [5.74, 6) is 0. The average Bonchev–Trinajstić information content (AvgIpc) is 3.06. The fourth-order valence-corrected chi connectivity index (χ4v) is 5.74. The second-order valence-corrected chi connectivity index (χ2v) is 9.06. The molecule has 3 heterocycles. The second kappa shape index (κ2) is 7.37. The summed E-state index contributed by atoms with van der Waals surface area (Å²) in [6.07, 6.45) is 0.885. The minimum absolute atomic E-state index is 0.0108. The third-order valence-electron chi connectivity index (χ3n) is 5.49. The van der Waals surface area contributed by atoms with Crippen molar-refractivity contribution in [3.05, 3.63) is 91.3 Å². The molecule has 1 aliphatic rings. The summed E-state index contributed by atoms with van der Waals surface area (Å²) in [5.41, 5.74) is 4.42. The van der Waals surface area contributed by atoms with E-state index in [1.807, 2.05) is 37.3 Å². The molecule has 4 nitrogen and oxygen atoms in total. The molecule has 5 rings (SSSR count). The Balaban J connectivity index is 1.57. The van der Waals surface area contributed by atoms with E-state index in [2.05, 4.69) is 34.1 Å². The predicted molar refractivity (Wildman–Crippen MR) is 122 cm³/mol. The molecule has 0 unspecified atom stereocenters. The number of rotatable bonds is 3. The van der Waals surface area contributed by atoms with Crippen LogP contribution in [0, 0.1) is 11.7 Å². The lowest BCUT2D eigenvalue weighted by Gasteiger charge is -2.26. The lowest BCUT2D eigenvalue weighted by atomic mass is 10.0. The molecule has 0 saturated heterocycles. The molecule has 4 aromatic rings. The van der Waals surface area contributed by atoms with Gasteiger partial charge in [-0.1, -0.05) is 42.5 Å². The highest BCUT2D eigenvalue weighted by Crippen LogP contribution is 2.33. The maximum atomic E-state index is 13.4. The number of nitrogens with one attached hydrogen (secondary N) is 1. The molecule has 29 heavy (non-hydrogen) atoms. The quantitative estimate of drug-likeness (QED) is 0.476. The predicted octanol–water partition coefficient (Wildman–Crippen LogP) is 4.98. The number of aromatic amines is 1. The highest BCUT2D eigenvalue weighted by Gasteiger charge is 2.24. The molecule has 146 valence electrons. The Labute approximate surface area is 178 Å². The Morgan fingerprint density at radius 3 is 2.76 bits per heavy atom. The Hall–Kier alpha value is -2.54. The summed E-state index contributed by atoms with van der Waals surface area (Å²) in [5, 5.41) is 0.805. The molecule has 1 N–H and O–H groups in total. The highest BCUT2D eigenvalue weighted by molar-refractivity contribution is 7.71. The zero-order chi connectivity index (χ0) is 20.0. The van der Waals surface area contributed by atoms with Crippen LogP contribution < -0.4 is 5.56 Å². The number of nitrogens with zero attached hydrogens (tertiary/aromatic N) is 2. The van der Waals surface area contributed by atoms with Crippen molar-refractivity contribution in [1.82, 2.24) is 14.5 Å². The monoisotopic (exact) mass is 419 g/mol. The zero-order valence-corrected chi connectivity index (χ0v) is 17.8. The van der Waals surface area contributed by atoms with Gasteiger partial charge in [0, 0.05) is 24.5 Å². The van der Waals surface area contributed by atoms with Gasteiger partial charge in [0.25, 0.3) is 5.56 Å². The summed E-state index contributed by atoms with van der Waals surface area (Å²) >= 11 is 7.22. The number of aromatic nitrogens is 2. The van der Waals surface area contributed by atoms with Gasteiger partial charge in [0.05, 0.1) is 11.1 Å². The maximum absolute atomic E-state index is 13.4. The summed E-state index contributed by atoms with van der Waals surface area (Å²) in [7, 11) is 0. The van der Waals surface area contributed by atoms with Gasteiger partial charge in [-0.15, -0.1) is 11.3 Å². The van der Waals surface area contributed by atoms with E-state index >= 15 is 0 Å². The molecular weight excluding hydrogens is 398 g/mol. The van der Waals surface area contributed by atoms with Gasteiger partial charge < -0.3 is 4.98 Å². The minimum Gasteiger partial charge on any atom is -0.323 e. The van der Waals surface area contributed by atoms with Crippen molar-refractivity contribution in [3.63, 3.8) is 0 Å². The molecule has 0 amide bonds. The molecule has 0 aliphatic carbocycles. The summed E-state index contributed by atoms with van der Waals surface area (Å²) < 4.78 is 2.08. The first kappa shape index (κ1) is 18.5. The van der Waals surface area contributed by atoms with E-state index in [1.165, 1.54) is 16.0 Å². The van der Waals surface area contributed by atoms with Crippen molar-refractivity contribution < 1.29 is 0 Å². The van der Waals surface area contributed by atoms with Crippen molar-refractivity contribution in [2.24, 2.45) is 0 Å². The first-order valence-corrected chi connectivity index (χ1v) is 11.0. The first-order chi connectivity index (χ1) is 14.1. The number of benzene rings is 2. The van der Waals surface area contributed by atoms with Crippen molar-refractivity contribution in [1.29, 1.82) is 0 Å². The summed E-state index contributed by atoms with van der Waals surface area (Å²) in [4.78, 5) is 21.4. The van der Waals surface area contributed by atoms with E-state index < -0.39 is 0 Å². The molecule has 1 aliphatic heterocycles. The van der Waals surface area contributed by atoms with Gasteiger partial charge in [-0.25, -0.2) is 0 Å². The Morgan fingerprint density at radius 2 is 1.97 bits per heavy atom. The molecule has 0 atom stereocenters. The van der Waals surface area contributed by atoms with E-state index in [9.17, 15) is 4.79 Å². The summed E-state index contributed by atoms with van der Waals surface area (Å²) in [6, 6.07) is 18.5. The highest BCUT2D eigenvalue weighted by atomic mass is 32.1. The molecule has 2 aromatic carbocycles. The van der Waals surface area contributed by atoms with Crippen molar-refractivity contribution in [3.8, 4) is 5.69 Å². The zero-order valence-electron chi connectivity index (χ0n) is 16.1. The van der Waals surface area contributed by atoms with E-state index in [1.54, 1.807) is 15.9 Å².